The minimum atomic E-state index is 0.303. The third-order valence-electron chi connectivity index (χ3n) is 3.27. The molecule has 0 bridgehead atoms. The van der Waals surface area contributed by atoms with Crippen molar-refractivity contribution in [2.24, 2.45) is 0 Å². The topological polar surface area (TPSA) is 12.0 Å². The first-order valence-electron chi connectivity index (χ1n) is 6.70. The molecule has 2 heteroatoms. The summed E-state index contributed by atoms with van der Waals surface area (Å²) in [4.78, 5) is 0. The van der Waals surface area contributed by atoms with Crippen LogP contribution in [0.1, 0.15) is 31.0 Å². The highest BCUT2D eigenvalue weighted by molar-refractivity contribution is 6.30. The first kappa shape index (κ1) is 14.1. The summed E-state index contributed by atoms with van der Waals surface area (Å²) in [7, 11) is 0. The molecule has 0 saturated carbocycles. The maximum Gasteiger partial charge on any atom is 0.0409 e. The summed E-state index contributed by atoms with van der Waals surface area (Å²) >= 11 is 6.03. The highest BCUT2D eigenvalue weighted by Crippen LogP contribution is 2.18. The first-order valence-corrected chi connectivity index (χ1v) is 7.08. The van der Waals surface area contributed by atoms with Gasteiger partial charge in [0, 0.05) is 17.1 Å². The zero-order valence-corrected chi connectivity index (χ0v) is 12.2. The second-order valence-corrected chi connectivity index (χ2v) is 5.47. The summed E-state index contributed by atoms with van der Waals surface area (Å²) in [5.74, 6) is 0. The van der Waals surface area contributed by atoms with Crippen LogP contribution in [-0.4, -0.2) is 6.04 Å². The third-order valence-corrected chi connectivity index (χ3v) is 3.50. The van der Waals surface area contributed by atoms with Crippen LogP contribution in [0.3, 0.4) is 0 Å². The Hall–Kier alpha value is -1.31. The number of hydrogen-bond acceptors (Lipinski definition) is 1. The third kappa shape index (κ3) is 4.38. The van der Waals surface area contributed by atoms with Crippen molar-refractivity contribution in [3.05, 3.63) is 70.7 Å². The van der Waals surface area contributed by atoms with Gasteiger partial charge in [-0.3, -0.25) is 0 Å². The van der Waals surface area contributed by atoms with Gasteiger partial charge in [-0.15, -0.1) is 0 Å². The van der Waals surface area contributed by atoms with E-state index < -0.39 is 0 Å². The van der Waals surface area contributed by atoms with Gasteiger partial charge in [-0.2, -0.15) is 0 Å². The molecule has 0 amide bonds. The highest BCUT2D eigenvalue weighted by Gasteiger charge is 2.10. The molecule has 0 aliphatic rings. The van der Waals surface area contributed by atoms with Gasteiger partial charge in [-0.1, -0.05) is 54.1 Å². The average Bonchev–Trinajstić information content (AvgIpc) is 2.39. The molecule has 2 rings (SSSR count). The quantitative estimate of drug-likeness (QED) is 0.838. The average molecular weight is 274 g/mol. The zero-order valence-electron chi connectivity index (χ0n) is 11.4. The van der Waals surface area contributed by atoms with Crippen LogP contribution >= 0.6 is 11.6 Å². The molecule has 0 aliphatic heterocycles. The normalized spacial score (nSPS) is 14.1. The van der Waals surface area contributed by atoms with E-state index in [2.05, 4.69) is 55.6 Å². The van der Waals surface area contributed by atoms with Gasteiger partial charge in [0.05, 0.1) is 0 Å². The van der Waals surface area contributed by atoms with E-state index in [4.69, 9.17) is 11.6 Å². The lowest BCUT2D eigenvalue weighted by Gasteiger charge is -2.20. The Morgan fingerprint density at radius 2 is 1.74 bits per heavy atom. The molecule has 19 heavy (non-hydrogen) atoms. The molecule has 0 spiro atoms. The van der Waals surface area contributed by atoms with Gasteiger partial charge < -0.3 is 5.32 Å². The van der Waals surface area contributed by atoms with Crippen LogP contribution in [0.25, 0.3) is 0 Å². The Morgan fingerprint density at radius 3 is 2.42 bits per heavy atom. The van der Waals surface area contributed by atoms with Crippen LogP contribution in [0.4, 0.5) is 0 Å². The fourth-order valence-electron chi connectivity index (χ4n) is 2.33. The van der Waals surface area contributed by atoms with Crippen molar-refractivity contribution >= 4 is 11.6 Å². The Morgan fingerprint density at radius 1 is 1.00 bits per heavy atom. The van der Waals surface area contributed by atoms with Crippen LogP contribution in [0.2, 0.25) is 5.02 Å². The van der Waals surface area contributed by atoms with Crippen molar-refractivity contribution in [1.29, 1.82) is 0 Å². The molecule has 1 nitrogen and oxygen atoms in total. The van der Waals surface area contributed by atoms with Crippen molar-refractivity contribution in [1.82, 2.24) is 5.32 Å². The maximum absolute atomic E-state index is 6.03. The molecule has 0 aliphatic carbocycles. The molecule has 0 fully saturated rings. The number of rotatable bonds is 5. The number of halogens is 1. The van der Waals surface area contributed by atoms with Crippen LogP contribution in [0.15, 0.2) is 54.6 Å². The predicted molar refractivity (Wildman–Crippen MR) is 82.6 cm³/mol. The van der Waals surface area contributed by atoms with E-state index in [-0.39, 0.29) is 0 Å². The van der Waals surface area contributed by atoms with Gasteiger partial charge in [0.25, 0.3) is 0 Å². The fourth-order valence-corrected chi connectivity index (χ4v) is 2.52. The fraction of sp³-hybridized carbons (Fsp3) is 0.294. The Labute approximate surface area is 120 Å². The highest BCUT2D eigenvalue weighted by atomic mass is 35.5. The van der Waals surface area contributed by atoms with Gasteiger partial charge in [-0.25, -0.2) is 0 Å². The van der Waals surface area contributed by atoms with Gasteiger partial charge in [-0.05, 0) is 43.5 Å². The summed E-state index contributed by atoms with van der Waals surface area (Å²) in [6, 6.07) is 19.3. The van der Waals surface area contributed by atoms with E-state index in [1.807, 2.05) is 18.2 Å². The van der Waals surface area contributed by atoms with Gasteiger partial charge in [0.15, 0.2) is 0 Å². The first-order chi connectivity index (χ1) is 9.15. The molecule has 100 valence electrons. The summed E-state index contributed by atoms with van der Waals surface area (Å²) in [5, 5.41) is 4.41. The number of benzene rings is 2. The summed E-state index contributed by atoms with van der Waals surface area (Å²) in [6.45, 7) is 4.39. The summed E-state index contributed by atoms with van der Waals surface area (Å²) in [6.07, 6.45) is 1.03. The second-order valence-electron chi connectivity index (χ2n) is 5.03. The Kier molecular flexibility index (Phi) is 5.00. The molecule has 2 atom stereocenters. The number of hydrogen-bond donors (Lipinski definition) is 1. The van der Waals surface area contributed by atoms with Crippen LogP contribution in [0.5, 0.6) is 0 Å². The van der Waals surface area contributed by atoms with Crippen molar-refractivity contribution in [2.75, 3.05) is 0 Å². The molecular weight excluding hydrogens is 254 g/mol. The largest absolute Gasteiger partial charge is 0.307 e. The molecule has 2 aromatic rings. The van der Waals surface area contributed by atoms with Gasteiger partial charge >= 0.3 is 0 Å². The molecule has 1 N–H and O–H groups in total. The van der Waals surface area contributed by atoms with Crippen molar-refractivity contribution in [3.8, 4) is 0 Å². The second kappa shape index (κ2) is 6.74. The number of nitrogens with one attached hydrogen (secondary N) is 1. The lowest BCUT2D eigenvalue weighted by atomic mass is 10.0. The van der Waals surface area contributed by atoms with E-state index in [1.54, 1.807) is 0 Å². The Bertz CT molecular complexity index is 510. The summed E-state index contributed by atoms with van der Waals surface area (Å²) < 4.78 is 0. The summed E-state index contributed by atoms with van der Waals surface area (Å²) in [5.41, 5.74) is 2.59. The minimum Gasteiger partial charge on any atom is -0.307 e. The van der Waals surface area contributed by atoms with Crippen LogP contribution in [-0.2, 0) is 6.42 Å². The molecule has 0 saturated heterocycles. The lowest BCUT2D eigenvalue weighted by Crippen LogP contribution is -2.30. The molecule has 1 unspecified atom stereocenters. The van der Waals surface area contributed by atoms with Gasteiger partial charge in [0.1, 0.15) is 0 Å². The van der Waals surface area contributed by atoms with Crippen LogP contribution in [0, 0.1) is 0 Å². The van der Waals surface area contributed by atoms with Gasteiger partial charge in [0.2, 0.25) is 0 Å². The van der Waals surface area contributed by atoms with E-state index in [0.717, 1.165) is 11.4 Å². The Balaban J connectivity index is 1.93. The lowest BCUT2D eigenvalue weighted by molar-refractivity contribution is 0.477. The monoisotopic (exact) mass is 273 g/mol. The SMILES string of the molecule is CC(Cc1ccccc1)N[C@@H](C)c1cccc(Cl)c1. The molecular formula is C17H20ClN. The van der Waals surface area contributed by atoms with E-state index in [1.165, 1.54) is 11.1 Å². The van der Waals surface area contributed by atoms with Crippen molar-refractivity contribution < 1.29 is 0 Å². The maximum atomic E-state index is 6.03. The standard InChI is InChI=1S/C17H20ClN/c1-13(11-15-7-4-3-5-8-15)19-14(2)16-9-6-10-17(18)12-16/h3-10,12-14,19H,11H2,1-2H3/t13?,14-/m0/s1. The van der Waals surface area contributed by atoms with E-state index >= 15 is 0 Å². The zero-order chi connectivity index (χ0) is 13.7. The molecule has 0 aromatic heterocycles. The van der Waals surface area contributed by atoms with E-state index in [9.17, 15) is 0 Å². The smallest absolute Gasteiger partial charge is 0.0409 e. The molecule has 0 radical (unpaired) electrons. The minimum absolute atomic E-state index is 0.303. The molecule has 0 heterocycles. The van der Waals surface area contributed by atoms with Crippen molar-refractivity contribution in [2.45, 2.75) is 32.4 Å². The van der Waals surface area contributed by atoms with Crippen molar-refractivity contribution in [3.63, 3.8) is 0 Å². The van der Waals surface area contributed by atoms with Crippen LogP contribution < -0.4 is 5.32 Å². The van der Waals surface area contributed by atoms with E-state index in [0.29, 0.717) is 12.1 Å². The predicted octanol–water partition coefficient (Wildman–Crippen LogP) is 4.62. The molecule has 2 aromatic carbocycles.